The van der Waals surface area contributed by atoms with E-state index in [4.69, 9.17) is 0 Å². The van der Waals surface area contributed by atoms with Crippen LogP contribution in [-0.4, -0.2) is 39.7 Å². The van der Waals surface area contributed by atoms with Gasteiger partial charge >= 0.3 is 6.03 Å². The second kappa shape index (κ2) is 7.47. The molecule has 1 aromatic carbocycles. The maximum absolute atomic E-state index is 12.8. The molecule has 7 heteroatoms. The van der Waals surface area contributed by atoms with Crippen LogP contribution in [0.2, 0.25) is 0 Å². The third-order valence-corrected chi connectivity index (χ3v) is 5.66. The molecule has 1 saturated carbocycles. The molecule has 2 aromatic rings. The molecule has 29 heavy (non-hydrogen) atoms. The molecule has 2 aliphatic rings. The third kappa shape index (κ3) is 3.38. The van der Waals surface area contributed by atoms with Crippen LogP contribution in [0.25, 0.3) is 11.3 Å². The highest BCUT2D eigenvalue weighted by Crippen LogP contribution is 2.33. The predicted octanol–water partition coefficient (Wildman–Crippen LogP) is 3.06. The molecule has 146 valence electrons. The van der Waals surface area contributed by atoms with Crippen LogP contribution in [0.4, 0.5) is 4.79 Å². The first-order chi connectivity index (χ1) is 14.0. The second-order valence-electron chi connectivity index (χ2n) is 7.48. The number of Topliss-reactive ketones (excluding diaryl/α,β-unsaturated/α-hetero) is 1. The quantitative estimate of drug-likeness (QED) is 0.640. The molecule has 7 nitrogen and oxygen atoms in total. The van der Waals surface area contributed by atoms with Crippen molar-refractivity contribution >= 4 is 17.7 Å². The van der Waals surface area contributed by atoms with E-state index < -0.39 is 11.6 Å². The number of carbonyl (C=O) groups excluding carboxylic acids is 3. The topological polar surface area (TPSA) is 103 Å². The van der Waals surface area contributed by atoms with E-state index in [0.29, 0.717) is 35.2 Å². The smallest absolute Gasteiger partial charge is 0.323 e. The number of hydrogen-bond acceptors (Lipinski definition) is 5. The molecule has 2 fully saturated rings. The van der Waals surface area contributed by atoms with Crippen LogP contribution in [-0.2, 0) is 4.79 Å². The van der Waals surface area contributed by atoms with Crippen molar-refractivity contribution in [1.29, 1.82) is 5.26 Å². The zero-order valence-electron chi connectivity index (χ0n) is 15.9. The van der Waals surface area contributed by atoms with Gasteiger partial charge in [0.15, 0.2) is 5.78 Å². The molecule has 2 heterocycles. The van der Waals surface area contributed by atoms with Gasteiger partial charge in [0.2, 0.25) is 0 Å². The van der Waals surface area contributed by atoms with Crippen molar-refractivity contribution in [3.05, 3.63) is 53.7 Å². The van der Waals surface area contributed by atoms with Crippen LogP contribution in [0.15, 0.2) is 42.6 Å². The molecule has 0 unspecified atom stereocenters. The lowest BCUT2D eigenvalue weighted by molar-refractivity contribution is -0.132. The number of nitrogens with one attached hydrogen (secondary N) is 1. The number of imide groups is 1. The average Bonchev–Trinajstić information content (AvgIpc) is 2.98. The summed E-state index contributed by atoms with van der Waals surface area (Å²) < 4.78 is 0. The SMILES string of the molecule is N#Cc1ccccc1-c1ccc(C(=O)CN2C(=O)NC3(CCCCC3)C2=O)cn1. The van der Waals surface area contributed by atoms with Gasteiger partial charge in [-0.3, -0.25) is 19.5 Å². The maximum Gasteiger partial charge on any atom is 0.325 e. The standard InChI is InChI=1S/C22H20N4O3/c23-12-15-6-2-3-7-17(15)18-9-8-16(13-24-18)19(27)14-26-20(28)22(25-21(26)29)10-4-1-5-11-22/h2-3,6-9,13H,1,4-5,10-11,14H2,(H,25,29). The highest BCUT2D eigenvalue weighted by Gasteiger charge is 2.51. The Labute approximate surface area is 168 Å². The van der Waals surface area contributed by atoms with Crippen molar-refractivity contribution in [2.24, 2.45) is 0 Å². The van der Waals surface area contributed by atoms with Gasteiger partial charge in [0.1, 0.15) is 5.54 Å². The molecule has 1 aliphatic carbocycles. The third-order valence-electron chi connectivity index (χ3n) is 5.66. The molecule has 0 radical (unpaired) electrons. The fraction of sp³-hybridized carbons (Fsp3) is 0.318. The summed E-state index contributed by atoms with van der Waals surface area (Å²) in [6.45, 7) is -0.303. The zero-order valence-corrected chi connectivity index (χ0v) is 15.9. The van der Waals surface area contributed by atoms with Crippen LogP contribution in [0, 0.1) is 11.3 Å². The minimum atomic E-state index is -0.835. The normalized spacial score (nSPS) is 17.8. The van der Waals surface area contributed by atoms with E-state index in [1.165, 1.54) is 6.20 Å². The fourth-order valence-corrected chi connectivity index (χ4v) is 4.07. The van der Waals surface area contributed by atoms with Gasteiger partial charge in [-0.1, -0.05) is 37.5 Å². The van der Waals surface area contributed by atoms with Gasteiger partial charge in [-0.2, -0.15) is 5.26 Å². The number of pyridine rings is 1. The molecular formula is C22H20N4O3. The monoisotopic (exact) mass is 388 g/mol. The second-order valence-corrected chi connectivity index (χ2v) is 7.48. The minimum Gasteiger partial charge on any atom is -0.323 e. The molecule has 1 N–H and O–H groups in total. The van der Waals surface area contributed by atoms with Gasteiger partial charge in [0.25, 0.3) is 5.91 Å². The Morgan fingerprint density at radius 3 is 2.59 bits per heavy atom. The molecule has 1 spiro atoms. The Balaban J connectivity index is 1.50. The van der Waals surface area contributed by atoms with Crippen LogP contribution in [0.5, 0.6) is 0 Å². The maximum atomic E-state index is 12.8. The van der Waals surface area contributed by atoms with Gasteiger partial charge in [-0.05, 0) is 31.0 Å². The van der Waals surface area contributed by atoms with Crippen molar-refractivity contribution < 1.29 is 14.4 Å². The summed E-state index contributed by atoms with van der Waals surface area (Å²) in [6.07, 6.45) is 5.50. The largest absolute Gasteiger partial charge is 0.325 e. The van der Waals surface area contributed by atoms with E-state index in [2.05, 4.69) is 16.4 Å². The highest BCUT2D eigenvalue weighted by molar-refractivity contribution is 6.11. The molecule has 1 aromatic heterocycles. The Kier molecular flexibility index (Phi) is 4.85. The summed E-state index contributed by atoms with van der Waals surface area (Å²) in [5, 5.41) is 12.0. The number of ketones is 1. The summed E-state index contributed by atoms with van der Waals surface area (Å²) in [5.74, 6) is -0.656. The molecule has 0 atom stereocenters. The van der Waals surface area contributed by atoms with E-state index >= 15 is 0 Å². The Morgan fingerprint density at radius 2 is 1.90 bits per heavy atom. The van der Waals surface area contributed by atoms with Gasteiger partial charge in [0, 0.05) is 17.3 Å². The first-order valence-electron chi connectivity index (χ1n) is 9.67. The molecular weight excluding hydrogens is 368 g/mol. The van der Waals surface area contributed by atoms with Gasteiger partial charge in [0.05, 0.1) is 23.9 Å². The van der Waals surface area contributed by atoms with Crippen molar-refractivity contribution in [2.45, 2.75) is 37.6 Å². The van der Waals surface area contributed by atoms with Gasteiger partial charge in [-0.25, -0.2) is 4.79 Å². The fourth-order valence-electron chi connectivity index (χ4n) is 4.07. The number of benzene rings is 1. The molecule has 1 aliphatic heterocycles. The first-order valence-corrected chi connectivity index (χ1v) is 9.67. The number of nitriles is 1. The van der Waals surface area contributed by atoms with Crippen LogP contribution in [0.3, 0.4) is 0 Å². The molecule has 1 saturated heterocycles. The van der Waals surface area contributed by atoms with E-state index in [1.807, 2.05) is 6.07 Å². The molecule has 4 rings (SSSR count). The highest BCUT2D eigenvalue weighted by atomic mass is 16.2. The van der Waals surface area contributed by atoms with Crippen LogP contribution < -0.4 is 5.32 Å². The lowest BCUT2D eigenvalue weighted by Gasteiger charge is -2.30. The number of aromatic nitrogens is 1. The van der Waals surface area contributed by atoms with E-state index in [-0.39, 0.29) is 18.2 Å². The Bertz CT molecular complexity index is 1020. The van der Waals surface area contributed by atoms with E-state index in [9.17, 15) is 19.6 Å². The Morgan fingerprint density at radius 1 is 1.14 bits per heavy atom. The number of rotatable bonds is 4. The van der Waals surface area contributed by atoms with E-state index in [0.717, 1.165) is 24.2 Å². The average molecular weight is 388 g/mol. The molecule has 0 bridgehead atoms. The number of carbonyl (C=O) groups is 3. The lowest BCUT2D eigenvalue weighted by Crippen LogP contribution is -2.48. The summed E-state index contributed by atoms with van der Waals surface area (Å²) in [4.78, 5) is 43.1. The van der Waals surface area contributed by atoms with Crippen molar-refractivity contribution in [3.8, 4) is 17.3 Å². The summed E-state index contributed by atoms with van der Waals surface area (Å²) in [5.41, 5.74) is 1.24. The first kappa shape index (κ1) is 18.8. The van der Waals surface area contributed by atoms with Gasteiger partial charge < -0.3 is 5.32 Å². The number of urea groups is 1. The molecule has 3 amide bonds. The lowest BCUT2D eigenvalue weighted by atomic mass is 9.82. The predicted molar refractivity (Wildman–Crippen MR) is 105 cm³/mol. The summed E-state index contributed by atoms with van der Waals surface area (Å²) in [7, 11) is 0. The summed E-state index contributed by atoms with van der Waals surface area (Å²) in [6, 6.07) is 12.0. The number of amides is 3. The zero-order chi connectivity index (χ0) is 20.4. The Hall–Kier alpha value is -3.53. The van der Waals surface area contributed by atoms with Crippen LogP contribution >= 0.6 is 0 Å². The van der Waals surface area contributed by atoms with Crippen molar-refractivity contribution in [3.63, 3.8) is 0 Å². The number of hydrogen-bond donors (Lipinski definition) is 1. The minimum absolute atomic E-state index is 0.303. The van der Waals surface area contributed by atoms with E-state index in [1.54, 1.807) is 30.3 Å². The summed E-state index contributed by atoms with van der Waals surface area (Å²) >= 11 is 0. The van der Waals surface area contributed by atoms with Crippen LogP contribution in [0.1, 0.15) is 48.0 Å². The van der Waals surface area contributed by atoms with Gasteiger partial charge in [-0.15, -0.1) is 0 Å². The number of nitrogens with zero attached hydrogens (tertiary/aromatic N) is 3. The van der Waals surface area contributed by atoms with Crippen molar-refractivity contribution in [1.82, 2.24) is 15.2 Å². The van der Waals surface area contributed by atoms with Crippen molar-refractivity contribution in [2.75, 3.05) is 6.54 Å².